The Bertz CT molecular complexity index is 998. The molecule has 4 rings (SSSR count). The summed E-state index contributed by atoms with van der Waals surface area (Å²) in [6.07, 6.45) is 0. The molecule has 0 aliphatic carbocycles. The lowest BCUT2D eigenvalue weighted by Gasteiger charge is -2.36. The third kappa shape index (κ3) is 4.19. The highest BCUT2D eigenvalue weighted by Crippen LogP contribution is 2.25. The highest BCUT2D eigenvalue weighted by atomic mass is 16.3. The molecule has 3 heterocycles. The highest BCUT2D eigenvalue weighted by Gasteiger charge is 2.18. The summed E-state index contributed by atoms with van der Waals surface area (Å²) in [5.41, 5.74) is 4.16. The average molecular weight is 393 g/mol. The van der Waals surface area contributed by atoms with E-state index in [9.17, 15) is 4.79 Å². The van der Waals surface area contributed by atoms with Crippen molar-refractivity contribution in [3.05, 3.63) is 53.4 Å². The van der Waals surface area contributed by atoms with E-state index < -0.39 is 0 Å². The van der Waals surface area contributed by atoms with Gasteiger partial charge in [-0.1, -0.05) is 6.92 Å². The predicted octanol–water partition coefficient (Wildman–Crippen LogP) is 3.68. The minimum atomic E-state index is -0.250. The molecule has 7 nitrogen and oxygen atoms in total. The molecule has 1 aliphatic rings. The Balaban J connectivity index is 1.42. The zero-order valence-electron chi connectivity index (χ0n) is 17.2. The second kappa shape index (κ2) is 8.13. The van der Waals surface area contributed by atoms with Gasteiger partial charge in [0.1, 0.15) is 11.5 Å². The van der Waals surface area contributed by atoms with Gasteiger partial charge >= 0.3 is 0 Å². The van der Waals surface area contributed by atoms with E-state index in [0.717, 1.165) is 49.7 Å². The summed E-state index contributed by atoms with van der Waals surface area (Å²) in [4.78, 5) is 17.5. The number of hydrogen-bond donors (Lipinski definition) is 2. The molecule has 0 spiro atoms. The minimum Gasteiger partial charge on any atom is -0.460 e. The smallest absolute Gasteiger partial charge is 0.276 e. The number of amides is 1. The minimum absolute atomic E-state index is 0.250. The van der Waals surface area contributed by atoms with Crippen LogP contribution in [0.2, 0.25) is 0 Å². The molecule has 0 saturated carbocycles. The number of carbonyl (C=O) groups excluding carboxylic acids is 1. The first kappa shape index (κ1) is 19.3. The van der Waals surface area contributed by atoms with Crippen molar-refractivity contribution in [2.24, 2.45) is 0 Å². The SMILES string of the molecule is CCN1CCN(c2ccc(NC(=O)c3cc(-c4ccc(C)o4)[nH]n3)cc2C)CC1. The molecule has 152 valence electrons. The van der Waals surface area contributed by atoms with E-state index in [1.54, 1.807) is 6.07 Å². The molecular weight excluding hydrogens is 366 g/mol. The van der Waals surface area contributed by atoms with Crippen LogP contribution in [-0.4, -0.2) is 53.7 Å². The third-order valence-corrected chi connectivity index (χ3v) is 5.43. The van der Waals surface area contributed by atoms with E-state index in [-0.39, 0.29) is 5.91 Å². The average Bonchev–Trinajstić information content (AvgIpc) is 3.37. The summed E-state index contributed by atoms with van der Waals surface area (Å²) in [5, 5.41) is 9.91. The summed E-state index contributed by atoms with van der Waals surface area (Å²) in [5.74, 6) is 1.23. The first-order chi connectivity index (χ1) is 14.0. The molecule has 7 heteroatoms. The Morgan fingerprint density at radius 2 is 1.93 bits per heavy atom. The Kier molecular flexibility index (Phi) is 5.40. The fraction of sp³-hybridized carbons (Fsp3) is 0.364. The summed E-state index contributed by atoms with van der Waals surface area (Å²) in [7, 11) is 0. The van der Waals surface area contributed by atoms with Gasteiger partial charge in [0.05, 0.1) is 0 Å². The van der Waals surface area contributed by atoms with E-state index in [4.69, 9.17) is 4.42 Å². The number of H-pyrrole nitrogens is 1. The Labute approximate surface area is 170 Å². The molecule has 1 aromatic carbocycles. The Morgan fingerprint density at radius 1 is 1.14 bits per heavy atom. The number of likely N-dealkylation sites (N-methyl/N-ethyl adjacent to an activating group) is 1. The monoisotopic (exact) mass is 393 g/mol. The van der Waals surface area contributed by atoms with Gasteiger partial charge in [0, 0.05) is 43.6 Å². The van der Waals surface area contributed by atoms with Gasteiger partial charge in [-0.25, -0.2) is 0 Å². The van der Waals surface area contributed by atoms with Crippen molar-refractivity contribution in [2.45, 2.75) is 20.8 Å². The zero-order valence-corrected chi connectivity index (χ0v) is 17.2. The molecule has 1 saturated heterocycles. The number of furan rings is 1. The van der Waals surface area contributed by atoms with Crippen LogP contribution in [0, 0.1) is 13.8 Å². The van der Waals surface area contributed by atoms with Crippen LogP contribution < -0.4 is 10.2 Å². The highest BCUT2D eigenvalue weighted by molar-refractivity contribution is 6.03. The number of aromatic nitrogens is 2. The van der Waals surface area contributed by atoms with Crippen LogP contribution in [0.3, 0.4) is 0 Å². The Morgan fingerprint density at radius 3 is 2.59 bits per heavy atom. The molecular formula is C22H27N5O2. The van der Waals surface area contributed by atoms with E-state index in [0.29, 0.717) is 17.1 Å². The number of aryl methyl sites for hydroxylation is 2. The van der Waals surface area contributed by atoms with Crippen LogP contribution in [-0.2, 0) is 0 Å². The summed E-state index contributed by atoms with van der Waals surface area (Å²) < 4.78 is 5.57. The Hall–Kier alpha value is -3.06. The number of piperazine rings is 1. The molecule has 0 bridgehead atoms. The lowest BCUT2D eigenvalue weighted by Crippen LogP contribution is -2.46. The van der Waals surface area contributed by atoms with Crippen molar-refractivity contribution >= 4 is 17.3 Å². The molecule has 3 aromatic rings. The van der Waals surface area contributed by atoms with E-state index in [2.05, 4.69) is 45.2 Å². The number of anilines is 2. The van der Waals surface area contributed by atoms with Gasteiger partial charge < -0.3 is 19.5 Å². The third-order valence-electron chi connectivity index (χ3n) is 5.43. The van der Waals surface area contributed by atoms with Crippen molar-refractivity contribution in [3.63, 3.8) is 0 Å². The zero-order chi connectivity index (χ0) is 20.4. The molecule has 1 aliphatic heterocycles. The predicted molar refractivity (Wildman–Crippen MR) is 114 cm³/mol. The number of nitrogens with one attached hydrogen (secondary N) is 2. The first-order valence-corrected chi connectivity index (χ1v) is 10.0. The topological polar surface area (TPSA) is 77.4 Å². The number of nitrogens with zero attached hydrogens (tertiary/aromatic N) is 3. The van der Waals surface area contributed by atoms with Gasteiger partial charge in [-0.3, -0.25) is 9.89 Å². The van der Waals surface area contributed by atoms with Gasteiger partial charge in [0.15, 0.2) is 11.5 Å². The van der Waals surface area contributed by atoms with E-state index in [1.807, 2.05) is 31.2 Å². The number of rotatable bonds is 5. The normalized spacial score (nSPS) is 14.9. The molecule has 0 atom stereocenters. The second-order valence-electron chi connectivity index (χ2n) is 7.45. The number of benzene rings is 1. The maximum atomic E-state index is 12.6. The maximum Gasteiger partial charge on any atom is 0.276 e. The summed E-state index contributed by atoms with van der Waals surface area (Å²) >= 11 is 0. The van der Waals surface area contributed by atoms with Gasteiger partial charge in [-0.2, -0.15) is 5.10 Å². The standard InChI is InChI=1S/C22H27N5O2/c1-4-26-9-11-27(12-10-26)20-7-6-17(13-15(20)2)23-22(28)19-14-18(24-25-19)21-8-5-16(3)29-21/h5-8,13-14H,4,9-12H2,1-3H3,(H,23,28)(H,24,25). The summed E-state index contributed by atoms with van der Waals surface area (Å²) in [6.45, 7) is 11.5. The second-order valence-corrected chi connectivity index (χ2v) is 7.45. The maximum absolute atomic E-state index is 12.6. The lowest BCUT2D eigenvalue weighted by molar-refractivity contribution is 0.102. The van der Waals surface area contributed by atoms with E-state index in [1.165, 1.54) is 5.69 Å². The van der Waals surface area contributed by atoms with Gasteiger partial charge in [0.25, 0.3) is 5.91 Å². The molecule has 0 radical (unpaired) electrons. The molecule has 29 heavy (non-hydrogen) atoms. The fourth-order valence-corrected chi connectivity index (χ4v) is 3.73. The first-order valence-electron chi connectivity index (χ1n) is 10.0. The van der Waals surface area contributed by atoms with Crippen LogP contribution in [0.4, 0.5) is 11.4 Å². The molecule has 1 fully saturated rings. The van der Waals surface area contributed by atoms with Crippen molar-refractivity contribution in [1.29, 1.82) is 0 Å². The van der Waals surface area contributed by atoms with Crippen molar-refractivity contribution in [1.82, 2.24) is 15.1 Å². The summed E-state index contributed by atoms with van der Waals surface area (Å²) in [6, 6.07) is 11.5. The van der Waals surface area contributed by atoms with Crippen LogP contribution in [0.5, 0.6) is 0 Å². The van der Waals surface area contributed by atoms with Crippen molar-refractivity contribution < 1.29 is 9.21 Å². The van der Waals surface area contributed by atoms with E-state index >= 15 is 0 Å². The van der Waals surface area contributed by atoms with Crippen molar-refractivity contribution in [3.8, 4) is 11.5 Å². The van der Waals surface area contributed by atoms with Gasteiger partial charge in [-0.05, 0) is 56.3 Å². The van der Waals surface area contributed by atoms with Gasteiger partial charge in [-0.15, -0.1) is 0 Å². The fourth-order valence-electron chi connectivity index (χ4n) is 3.73. The number of aromatic amines is 1. The lowest BCUT2D eigenvalue weighted by atomic mass is 10.1. The molecule has 2 aromatic heterocycles. The van der Waals surface area contributed by atoms with Gasteiger partial charge in [0.2, 0.25) is 0 Å². The number of hydrogen-bond acceptors (Lipinski definition) is 5. The largest absolute Gasteiger partial charge is 0.460 e. The van der Waals surface area contributed by atoms with Crippen molar-refractivity contribution in [2.75, 3.05) is 42.9 Å². The molecule has 0 unspecified atom stereocenters. The quantitative estimate of drug-likeness (QED) is 0.691. The molecule has 2 N–H and O–H groups in total. The molecule has 1 amide bonds. The van der Waals surface area contributed by atoms with Crippen LogP contribution in [0.1, 0.15) is 28.7 Å². The number of carbonyl (C=O) groups is 1. The van der Waals surface area contributed by atoms with Crippen LogP contribution in [0.25, 0.3) is 11.5 Å². The van der Waals surface area contributed by atoms with Crippen LogP contribution in [0.15, 0.2) is 40.8 Å². The van der Waals surface area contributed by atoms with Crippen LogP contribution >= 0.6 is 0 Å².